The van der Waals surface area contributed by atoms with Crippen LogP contribution in [0.25, 0.3) is 0 Å². The molecule has 1 aromatic heterocycles. The summed E-state index contributed by atoms with van der Waals surface area (Å²) in [6.07, 6.45) is 1.63. The first-order valence-corrected chi connectivity index (χ1v) is 7.22. The van der Waals surface area contributed by atoms with E-state index in [1.54, 1.807) is 35.1 Å². The van der Waals surface area contributed by atoms with Gasteiger partial charge in [0.15, 0.2) is 0 Å². The summed E-state index contributed by atoms with van der Waals surface area (Å²) in [7, 11) is 0. The number of hydrogen-bond acceptors (Lipinski definition) is 3. The van der Waals surface area contributed by atoms with Crippen LogP contribution in [0.15, 0.2) is 30.5 Å². The smallest absolute Gasteiger partial charge is 0.320 e. The molecule has 0 saturated carbocycles. The van der Waals surface area contributed by atoms with E-state index in [-0.39, 0.29) is 28.9 Å². The molecule has 1 heterocycles. The van der Waals surface area contributed by atoms with E-state index in [0.29, 0.717) is 11.4 Å². The Balaban J connectivity index is 2.00. The van der Waals surface area contributed by atoms with Crippen molar-refractivity contribution in [2.75, 3.05) is 5.32 Å². The summed E-state index contributed by atoms with van der Waals surface area (Å²) in [5, 5.41) is 19.7. The van der Waals surface area contributed by atoms with Crippen LogP contribution in [0.5, 0.6) is 5.75 Å². The lowest BCUT2D eigenvalue weighted by molar-refractivity contribution is 0.251. The standard InChI is InChI=1S/C15H19ClN4O2/c1-15(2,3)20-12(7-8-18-20)19-14(22)17-9-10-5-4-6-11(16)13(10)21/h4-8,21H,9H2,1-3H3,(H2,17,19,22). The highest BCUT2D eigenvalue weighted by Gasteiger charge is 2.18. The van der Waals surface area contributed by atoms with Crippen LogP contribution < -0.4 is 10.6 Å². The van der Waals surface area contributed by atoms with Crippen LogP contribution in [0.3, 0.4) is 0 Å². The molecule has 2 rings (SSSR count). The summed E-state index contributed by atoms with van der Waals surface area (Å²) < 4.78 is 1.73. The van der Waals surface area contributed by atoms with Crippen molar-refractivity contribution in [3.05, 3.63) is 41.0 Å². The highest BCUT2D eigenvalue weighted by molar-refractivity contribution is 6.32. The maximum absolute atomic E-state index is 12.0. The van der Waals surface area contributed by atoms with E-state index >= 15 is 0 Å². The van der Waals surface area contributed by atoms with Crippen molar-refractivity contribution in [3.8, 4) is 5.75 Å². The van der Waals surface area contributed by atoms with E-state index in [2.05, 4.69) is 15.7 Å². The summed E-state index contributed by atoms with van der Waals surface area (Å²) in [4.78, 5) is 12.0. The number of hydrogen-bond donors (Lipinski definition) is 3. The number of urea groups is 1. The van der Waals surface area contributed by atoms with Gasteiger partial charge in [0.1, 0.15) is 11.6 Å². The number of rotatable bonds is 3. The third-order valence-electron chi connectivity index (χ3n) is 3.03. The van der Waals surface area contributed by atoms with Gasteiger partial charge in [-0.1, -0.05) is 23.7 Å². The second-order valence-corrected chi connectivity index (χ2v) is 6.26. The number of aromatic hydroxyl groups is 1. The van der Waals surface area contributed by atoms with Crippen LogP contribution in [0.1, 0.15) is 26.3 Å². The minimum atomic E-state index is -0.384. The predicted molar refractivity (Wildman–Crippen MR) is 86.2 cm³/mol. The van der Waals surface area contributed by atoms with Crippen molar-refractivity contribution < 1.29 is 9.90 Å². The van der Waals surface area contributed by atoms with Gasteiger partial charge < -0.3 is 10.4 Å². The van der Waals surface area contributed by atoms with E-state index in [0.717, 1.165) is 0 Å². The maximum Gasteiger partial charge on any atom is 0.320 e. The summed E-state index contributed by atoms with van der Waals surface area (Å²) in [5.74, 6) is 0.574. The molecule has 0 fully saturated rings. The van der Waals surface area contributed by atoms with Crippen LogP contribution in [-0.2, 0) is 12.1 Å². The number of carbonyl (C=O) groups is 1. The Morgan fingerprint density at radius 1 is 1.36 bits per heavy atom. The van der Waals surface area contributed by atoms with Crippen molar-refractivity contribution in [3.63, 3.8) is 0 Å². The van der Waals surface area contributed by atoms with Crippen molar-refractivity contribution in [2.24, 2.45) is 0 Å². The van der Waals surface area contributed by atoms with Gasteiger partial charge in [0.05, 0.1) is 16.8 Å². The van der Waals surface area contributed by atoms with Crippen LogP contribution in [0.2, 0.25) is 5.02 Å². The zero-order chi connectivity index (χ0) is 16.3. The fourth-order valence-electron chi connectivity index (χ4n) is 1.97. The molecule has 0 aliphatic heterocycles. The lowest BCUT2D eigenvalue weighted by atomic mass is 10.1. The molecule has 22 heavy (non-hydrogen) atoms. The third-order valence-corrected chi connectivity index (χ3v) is 3.33. The molecule has 6 nitrogen and oxygen atoms in total. The summed E-state index contributed by atoms with van der Waals surface area (Å²) in [5.41, 5.74) is 0.309. The minimum Gasteiger partial charge on any atom is -0.506 e. The SMILES string of the molecule is CC(C)(C)n1nccc1NC(=O)NCc1cccc(Cl)c1O. The zero-order valence-corrected chi connectivity index (χ0v) is 13.5. The van der Waals surface area contributed by atoms with Gasteiger partial charge in [-0.15, -0.1) is 0 Å². The van der Waals surface area contributed by atoms with Crippen LogP contribution in [0, 0.1) is 0 Å². The molecule has 2 aromatic rings. The second kappa shape index (κ2) is 6.27. The first-order valence-electron chi connectivity index (χ1n) is 6.85. The number of nitrogens with zero attached hydrogens (tertiary/aromatic N) is 2. The van der Waals surface area contributed by atoms with Gasteiger partial charge in [-0.3, -0.25) is 5.32 Å². The molecule has 118 valence electrons. The Morgan fingerprint density at radius 3 is 2.77 bits per heavy atom. The van der Waals surface area contributed by atoms with E-state index in [4.69, 9.17) is 11.6 Å². The number of benzene rings is 1. The lowest BCUT2D eigenvalue weighted by Gasteiger charge is -2.22. The summed E-state index contributed by atoms with van der Waals surface area (Å²) in [6.45, 7) is 6.15. The van der Waals surface area contributed by atoms with Gasteiger partial charge in [0, 0.05) is 18.2 Å². The van der Waals surface area contributed by atoms with Gasteiger partial charge in [0.25, 0.3) is 0 Å². The fraction of sp³-hybridized carbons (Fsp3) is 0.333. The number of para-hydroxylation sites is 1. The molecule has 0 unspecified atom stereocenters. The predicted octanol–water partition coefficient (Wildman–Crippen LogP) is 3.32. The van der Waals surface area contributed by atoms with E-state index < -0.39 is 0 Å². The molecular formula is C15H19ClN4O2. The number of carbonyl (C=O) groups excluding carboxylic acids is 1. The highest BCUT2D eigenvalue weighted by atomic mass is 35.5. The molecule has 0 bridgehead atoms. The topological polar surface area (TPSA) is 79.2 Å². The Kier molecular flexibility index (Phi) is 4.61. The molecule has 1 aromatic carbocycles. The molecule has 0 aliphatic rings. The van der Waals surface area contributed by atoms with E-state index in [1.807, 2.05) is 20.8 Å². The number of aromatic nitrogens is 2. The molecule has 0 saturated heterocycles. The molecule has 3 N–H and O–H groups in total. The monoisotopic (exact) mass is 322 g/mol. The number of nitrogens with one attached hydrogen (secondary N) is 2. The Bertz CT molecular complexity index is 676. The fourth-order valence-corrected chi connectivity index (χ4v) is 2.17. The van der Waals surface area contributed by atoms with E-state index in [9.17, 15) is 9.90 Å². The molecule has 0 atom stereocenters. The Morgan fingerprint density at radius 2 is 2.09 bits per heavy atom. The first-order chi connectivity index (χ1) is 10.3. The molecule has 0 spiro atoms. The van der Waals surface area contributed by atoms with Gasteiger partial charge in [-0.25, -0.2) is 9.48 Å². The largest absolute Gasteiger partial charge is 0.506 e. The van der Waals surface area contributed by atoms with Crippen molar-refractivity contribution in [1.29, 1.82) is 0 Å². The minimum absolute atomic E-state index is 0.0239. The van der Waals surface area contributed by atoms with Gasteiger partial charge in [-0.05, 0) is 26.8 Å². The molecule has 0 aliphatic carbocycles. The quantitative estimate of drug-likeness (QED) is 0.811. The molecule has 2 amide bonds. The Hall–Kier alpha value is -2.21. The van der Waals surface area contributed by atoms with Crippen molar-refractivity contribution in [2.45, 2.75) is 32.9 Å². The number of phenols is 1. The molecule has 0 radical (unpaired) electrons. The number of amides is 2. The zero-order valence-electron chi connectivity index (χ0n) is 12.7. The average molecular weight is 323 g/mol. The number of anilines is 1. The summed E-state index contributed by atoms with van der Waals surface area (Å²) >= 11 is 5.83. The van der Waals surface area contributed by atoms with Crippen LogP contribution in [-0.4, -0.2) is 20.9 Å². The first kappa shape index (κ1) is 16.2. The number of halogens is 1. The Labute approximate surface area is 134 Å². The summed E-state index contributed by atoms with van der Waals surface area (Å²) in [6, 6.07) is 6.33. The third kappa shape index (κ3) is 3.71. The van der Waals surface area contributed by atoms with Crippen LogP contribution in [0.4, 0.5) is 10.6 Å². The van der Waals surface area contributed by atoms with Crippen molar-refractivity contribution >= 4 is 23.4 Å². The normalized spacial score (nSPS) is 11.3. The second-order valence-electron chi connectivity index (χ2n) is 5.85. The number of phenolic OH excluding ortho intramolecular Hbond substituents is 1. The van der Waals surface area contributed by atoms with E-state index in [1.165, 1.54) is 0 Å². The van der Waals surface area contributed by atoms with Gasteiger partial charge in [-0.2, -0.15) is 5.10 Å². The lowest BCUT2D eigenvalue weighted by Crippen LogP contribution is -2.32. The van der Waals surface area contributed by atoms with Gasteiger partial charge in [0.2, 0.25) is 0 Å². The van der Waals surface area contributed by atoms with Gasteiger partial charge >= 0.3 is 6.03 Å². The molecular weight excluding hydrogens is 304 g/mol. The molecule has 7 heteroatoms. The van der Waals surface area contributed by atoms with Crippen LogP contribution >= 0.6 is 11.6 Å². The highest BCUT2D eigenvalue weighted by Crippen LogP contribution is 2.26. The van der Waals surface area contributed by atoms with Crippen molar-refractivity contribution in [1.82, 2.24) is 15.1 Å². The maximum atomic E-state index is 12.0. The average Bonchev–Trinajstić information content (AvgIpc) is 2.88.